The quantitative estimate of drug-likeness (QED) is 0.553. The molecule has 0 aromatic heterocycles. The number of amides is 1. The van der Waals surface area contributed by atoms with Crippen LogP contribution in [0.5, 0.6) is 0 Å². The molecule has 0 aliphatic heterocycles. The highest BCUT2D eigenvalue weighted by molar-refractivity contribution is 5.77. The largest absolute Gasteiger partial charge is 0.355 e. The molecular weight excluding hydrogens is 190 g/mol. The molecule has 3 N–H and O–H groups in total. The molecule has 0 spiro atoms. The number of hydrogen-bond donors (Lipinski definition) is 2. The van der Waals surface area contributed by atoms with Crippen molar-refractivity contribution in [1.82, 2.24) is 10.2 Å². The van der Waals surface area contributed by atoms with Gasteiger partial charge >= 0.3 is 0 Å². The van der Waals surface area contributed by atoms with E-state index in [9.17, 15) is 4.79 Å². The van der Waals surface area contributed by atoms with Crippen molar-refractivity contribution in [1.29, 1.82) is 0 Å². The van der Waals surface area contributed by atoms with Crippen LogP contribution in [-0.2, 0) is 4.79 Å². The highest BCUT2D eigenvalue weighted by atomic mass is 16.2. The molecule has 90 valence electrons. The maximum atomic E-state index is 11.5. The first-order chi connectivity index (χ1) is 7.24. The number of hydrogen-bond acceptors (Lipinski definition) is 3. The van der Waals surface area contributed by atoms with Crippen molar-refractivity contribution in [2.75, 3.05) is 32.7 Å². The molecule has 0 heterocycles. The summed E-state index contributed by atoms with van der Waals surface area (Å²) in [7, 11) is 0. The highest BCUT2D eigenvalue weighted by Gasteiger charge is 2.07. The zero-order valence-electron chi connectivity index (χ0n) is 10.1. The Kier molecular flexibility index (Phi) is 9.52. The summed E-state index contributed by atoms with van der Waals surface area (Å²) >= 11 is 0. The molecule has 0 saturated heterocycles. The number of unbranched alkanes of at least 4 members (excludes halogenated alkanes) is 1. The first kappa shape index (κ1) is 14.4. The van der Waals surface area contributed by atoms with Crippen LogP contribution in [0.15, 0.2) is 0 Å². The van der Waals surface area contributed by atoms with Gasteiger partial charge in [0, 0.05) is 19.6 Å². The van der Waals surface area contributed by atoms with Crippen LogP contribution in [0.3, 0.4) is 0 Å². The van der Waals surface area contributed by atoms with Crippen molar-refractivity contribution in [2.24, 2.45) is 5.73 Å². The molecule has 0 radical (unpaired) electrons. The van der Waals surface area contributed by atoms with Crippen LogP contribution in [0.1, 0.15) is 33.1 Å². The van der Waals surface area contributed by atoms with E-state index in [1.165, 1.54) is 0 Å². The lowest BCUT2D eigenvalue weighted by atomic mass is 10.3. The monoisotopic (exact) mass is 215 g/mol. The lowest BCUT2D eigenvalue weighted by molar-refractivity contribution is -0.122. The van der Waals surface area contributed by atoms with E-state index in [-0.39, 0.29) is 5.91 Å². The zero-order valence-corrected chi connectivity index (χ0v) is 10.1. The Morgan fingerprint density at radius 3 is 2.53 bits per heavy atom. The predicted molar refractivity (Wildman–Crippen MR) is 63.7 cm³/mol. The molecule has 0 unspecified atom stereocenters. The van der Waals surface area contributed by atoms with Gasteiger partial charge in [-0.15, -0.1) is 0 Å². The number of nitrogens with zero attached hydrogens (tertiary/aromatic N) is 1. The Balaban J connectivity index is 3.67. The van der Waals surface area contributed by atoms with E-state index in [1.54, 1.807) is 0 Å². The molecule has 15 heavy (non-hydrogen) atoms. The number of carbonyl (C=O) groups excluding carboxylic acids is 1. The maximum Gasteiger partial charge on any atom is 0.234 e. The molecular formula is C11H25N3O. The Morgan fingerprint density at radius 1 is 1.27 bits per heavy atom. The Bertz CT molecular complexity index is 156. The van der Waals surface area contributed by atoms with Crippen LogP contribution in [0.25, 0.3) is 0 Å². The second-order valence-electron chi connectivity index (χ2n) is 3.77. The van der Waals surface area contributed by atoms with Gasteiger partial charge in [-0.2, -0.15) is 0 Å². The van der Waals surface area contributed by atoms with Crippen LogP contribution in [0.2, 0.25) is 0 Å². The molecule has 4 nitrogen and oxygen atoms in total. The smallest absolute Gasteiger partial charge is 0.234 e. The molecule has 0 aromatic carbocycles. The van der Waals surface area contributed by atoms with E-state index < -0.39 is 0 Å². The Morgan fingerprint density at radius 2 is 2.00 bits per heavy atom. The van der Waals surface area contributed by atoms with Gasteiger partial charge in [0.1, 0.15) is 0 Å². The number of nitrogens with two attached hydrogens (primary N) is 1. The zero-order chi connectivity index (χ0) is 11.5. The number of carbonyl (C=O) groups is 1. The topological polar surface area (TPSA) is 58.4 Å². The van der Waals surface area contributed by atoms with E-state index in [4.69, 9.17) is 5.73 Å². The van der Waals surface area contributed by atoms with Gasteiger partial charge in [0.15, 0.2) is 0 Å². The second-order valence-corrected chi connectivity index (χ2v) is 3.77. The van der Waals surface area contributed by atoms with Gasteiger partial charge in [0.25, 0.3) is 0 Å². The maximum absolute atomic E-state index is 11.5. The number of rotatable bonds is 9. The van der Waals surface area contributed by atoms with Gasteiger partial charge < -0.3 is 11.1 Å². The summed E-state index contributed by atoms with van der Waals surface area (Å²) in [5.74, 6) is 0.116. The van der Waals surface area contributed by atoms with Gasteiger partial charge in [-0.3, -0.25) is 9.69 Å². The van der Waals surface area contributed by atoms with E-state index >= 15 is 0 Å². The summed E-state index contributed by atoms with van der Waals surface area (Å²) in [4.78, 5) is 13.6. The highest BCUT2D eigenvalue weighted by Crippen LogP contribution is 1.90. The van der Waals surface area contributed by atoms with Gasteiger partial charge in [0.2, 0.25) is 5.91 Å². The van der Waals surface area contributed by atoms with Gasteiger partial charge in [-0.25, -0.2) is 0 Å². The third-order valence-corrected chi connectivity index (χ3v) is 2.20. The fourth-order valence-corrected chi connectivity index (χ4v) is 1.43. The first-order valence-corrected chi connectivity index (χ1v) is 5.93. The minimum absolute atomic E-state index is 0.116. The fourth-order valence-electron chi connectivity index (χ4n) is 1.43. The van der Waals surface area contributed by atoms with Gasteiger partial charge in [-0.05, 0) is 19.4 Å². The molecule has 0 aliphatic rings. The third kappa shape index (κ3) is 8.39. The normalized spacial score (nSPS) is 10.7. The fraction of sp³-hybridized carbons (Fsp3) is 0.909. The van der Waals surface area contributed by atoms with Crippen molar-refractivity contribution < 1.29 is 4.79 Å². The van der Waals surface area contributed by atoms with Crippen LogP contribution >= 0.6 is 0 Å². The van der Waals surface area contributed by atoms with Crippen molar-refractivity contribution in [2.45, 2.75) is 33.1 Å². The molecule has 0 fully saturated rings. The van der Waals surface area contributed by atoms with E-state index in [2.05, 4.69) is 24.1 Å². The molecule has 1 amide bonds. The van der Waals surface area contributed by atoms with Gasteiger partial charge in [0.05, 0.1) is 6.54 Å². The summed E-state index contributed by atoms with van der Waals surface area (Å²) in [6, 6.07) is 0. The summed E-state index contributed by atoms with van der Waals surface area (Å²) in [5.41, 5.74) is 5.48. The molecule has 0 rings (SSSR count). The Labute approximate surface area is 93.2 Å². The minimum atomic E-state index is 0.116. The summed E-state index contributed by atoms with van der Waals surface area (Å²) in [6.07, 6.45) is 3.22. The van der Waals surface area contributed by atoms with Crippen molar-refractivity contribution >= 4 is 5.91 Å². The van der Waals surface area contributed by atoms with Crippen LogP contribution in [0, 0.1) is 0 Å². The predicted octanol–water partition coefficient (Wildman–Crippen LogP) is 0.573. The van der Waals surface area contributed by atoms with E-state index in [1.807, 2.05) is 0 Å². The molecule has 0 saturated carbocycles. The van der Waals surface area contributed by atoms with Crippen LogP contribution < -0.4 is 11.1 Å². The molecule has 4 heteroatoms. The minimum Gasteiger partial charge on any atom is -0.355 e. The average molecular weight is 215 g/mol. The molecule has 0 aromatic rings. The second kappa shape index (κ2) is 9.93. The van der Waals surface area contributed by atoms with Crippen molar-refractivity contribution in [3.8, 4) is 0 Å². The lowest BCUT2D eigenvalue weighted by Crippen LogP contribution is -2.40. The van der Waals surface area contributed by atoms with Crippen LogP contribution in [-0.4, -0.2) is 43.5 Å². The third-order valence-electron chi connectivity index (χ3n) is 2.20. The van der Waals surface area contributed by atoms with Crippen molar-refractivity contribution in [3.63, 3.8) is 0 Å². The molecule has 0 aliphatic carbocycles. The number of nitrogens with one attached hydrogen (secondary N) is 1. The molecule has 0 bridgehead atoms. The average Bonchev–Trinajstić information content (AvgIpc) is 2.19. The molecule has 0 atom stereocenters. The van der Waals surface area contributed by atoms with E-state index in [0.29, 0.717) is 13.1 Å². The Hall–Kier alpha value is -0.610. The van der Waals surface area contributed by atoms with Gasteiger partial charge in [-0.1, -0.05) is 20.3 Å². The SMILES string of the molecule is CCCCNC(=O)CN(CCC)CCN. The van der Waals surface area contributed by atoms with Crippen LogP contribution in [0.4, 0.5) is 0 Å². The summed E-state index contributed by atoms with van der Waals surface area (Å²) in [5, 5.41) is 2.91. The standard InChI is InChI=1S/C11H25N3O/c1-3-5-7-13-11(15)10-14(8-4-2)9-6-12/h3-10,12H2,1-2H3,(H,13,15). The summed E-state index contributed by atoms with van der Waals surface area (Å²) < 4.78 is 0. The first-order valence-electron chi connectivity index (χ1n) is 5.93. The van der Waals surface area contributed by atoms with E-state index in [0.717, 1.165) is 38.9 Å². The van der Waals surface area contributed by atoms with Crippen molar-refractivity contribution in [3.05, 3.63) is 0 Å². The summed E-state index contributed by atoms with van der Waals surface area (Å²) in [6.45, 7) is 7.85. The lowest BCUT2D eigenvalue weighted by Gasteiger charge is -2.19.